The molecule has 0 radical (unpaired) electrons. The van der Waals surface area contributed by atoms with Crippen LogP contribution in [0.4, 0.5) is 15.8 Å². The molecule has 1 aliphatic heterocycles. The van der Waals surface area contributed by atoms with Crippen molar-refractivity contribution in [1.82, 2.24) is 9.88 Å². The molecule has 0 unspecified atom stereocenters. The maximum Gasteiger partial charge on any atom is 0.273 e. The third-order valence-corrected chi connectivity index (χ3v) is 6.22. The van der Waals surface area contributed by atoms with Gasteiger partial charge in [0, 0.05) is 17.5 Å². The smallest absolute Gasteiger partial charge is 0.273 e. The molecule has 1 fully saturated rings. The highest BCUT2D eigenvalue weighted by Crippen LogP contribution is 2.33. The van der Waals surface area contributed by atoms with E-state index in [1.165, 1.54) is 37.5 Å². The van der Waals surface area contributed by atoms with Crippen molar-refractivity contribution in [3.05, 3.63) is 85.9 Å². The molecule has 2 amide bonds. The number of hydrogen-bond acceptors (Lipinski definition) is 6. The molecule has 3 aromatic rings. The fraction of sp³-hybridized carbons (Fsp3) is 0.125. The second-order valence-electron chi connectivity index (χ2n) is 7.83. The normalized spacial score (nSPS) is 14.9. The number of carbonyl (C=O) groups is 2. The fourth-order valence-electron chi connectivity index (χ4n) is 3.94. The largest absolute Gasteiger partial charge is 0.494 e. The summed E-state index contributed by atoms with van der Waals surface area (Å²) in [5, 5.41) is 13.3. The number of aromatic nitrogens is 1. The molecular weight excluding hydrogens is 511 g/mol. The number of hydrogen-bond donors (Lipinski definition) is 1. The summed E-state index contributed by atoms with van der Waals surface area (Å²) < 4.78 is 20.8. The molecule has 2 aromatic carbocycles. The molecule has 1 N–H and O–H groups in total. The van der Waals surface area contributed by atoms with Gasteiger partial charge >= 0.3 is 0 Å². The number of amides is 2. The first-order valence-corrected chi connectivity index (χ1v) is 11.2. The van der Waals surface area contributed by atoms with Crippen LogP contribution in [0.15, 0.2) is 48.0 Å². The van der Waals surface area contributed by atoms with Crippen molar-refractivity contribution >= 4 is 58.2 Å². The average molecular weight is 529 g/mol. The van der Waals surface area contributed by atoms with E-state index in [-0.39, 0.29) is 32.8 Å². The van der Waals surface area contributed by atoms with E-state index in [2.05, 4.69) is 5.32 Å². The van der Waals surface area contributed by atoms with Gasteiger partial charge in [-0.2, -0.15) is 0 Å². The molecule has 0 spiro atoms. The summed E-state index contributed by atoms with van der Waals surface area (Å²) in [6.45, 7) is 3.58. The number of benzene rings is 2. The molecule has 12 heteroatoms. The third-order valence-electron chi connectivity index (χ3n) is 5.65. The highest BCUT2D eigenvalue weighted by Gasteiger charge is 2.35. The van der Waals surface area contributed by atoms with Crippen LogP contribution in [-0.2, 0) is 9.59 Å². The molecule has 36 heavy (non-hydrogen) atoms. The quantitative estimate of drug-likeness (QED) is 0.170. The maximum atomic E-state index is 13.6. The Morgan fingerprint density at radius 1 is 1.17 bits per heavy atom. The van der Waals surface area contributed by atoms with Crippen LogP contribution >= 0.6 is 23.8 Å². The van der Waals surface area contributed by atoms with Crippen molar-refractivity contribution in [2.24, 2.45) is 0 Å². The van der Waals surface area contributed by atoms with E-state index >= 15 is 0 Å². The SMILES string of the molecule is COc1cc([N+](=O)[O-])ccc1-n1c(C)cc(/C=C2\C(=O)NC(=S)N(c3ccc(F)c(Cl)c3)C2=O)c1C. The number of nitrogens with one attached hydrogen (secondary N) is 1. The van der Waals surface area contributed by atoms with Gasteiger partial charge in [-0.1, -0.05) is 11.6 Å². The van der Waals surface area contributed by atoms with Gasteiger partial charge in [0.15, 0.2) is 5.11 Å². The number of halogens is 2. The molecule has 0 aliphatic carbocycles. The number of aryl methyl sites for hydroxylation is 1. The van der Waals surface area contributed by atoms with Crippen molar-refractivity contribution in [1.29, 1.82) is 0 Å². The molecule has 9 nitrogen and oxygen atoms in total. The van der Waals surface area contributed by atoms with E-state index < -0.39 is 22.6 Å². The summed E-state index contributed by atoms with van der Waals surface area (Å²) in [6.07, 6.45) is 1.42. The summed E-state index contributed by atoms with van der Waals surface area (Å²) in [5.41, 5.74) is 2.36. The van der Waals surface area contributed by atoms with E-state index in [1.807, 2.05) is 0 Å². The molecule has 0 saturated carbocycles. The Balaban J connectivity index is 1.78. The predicted molar refractivity (Wildman–Crippen MR) is 136 cm³/mol. The van der Waals surface area contributed by atoms with Crippen LogP contribution in [-0.4, -0.2) is 33.5 Å². The van der Waals surface area contributed by atoms with Crippen molar-refractivity contribution in [2.45, 2.75) is 13.8 Å². The molecule has 0 atom stereocenters. The number of thiocarbonyl (C=S) groups is 1. The summed E-state index contributed by atoms with van der Waals surface area (Å²) in [7, 11) is 1.41. The number of nitrogens with zero attached hydrogens (tertiary/aromatic N) is 3. The van der Waals surface area contributed by atoms with Crippen molar-refractivity contribution in [3.63, 3.8) is 0 Å². The van der Waals surface area contributed by atoms with Crippen molar-refractivity contribution in [3.8, 4) is 11.4 Å². The topological polar surface area (TPSA) is 107 Å². The zero-order valence-electron chi connectivity index (χ0n) is 19.2. The Kier molecular flexibility index (Phi) is 6.61. The number of ether oxygens (including phenoxy) is 1. The number of rotatable bonds is 5. The summed E-state index contributed by atoms with van der Waals surface area (Å²) in [6, 6.07) is 9.66. The van der Waals surface area contributed by atoms with Gasteiger partial charge < -0.3 is 9.30 Å². The van der Waals surface area contributed by atoms with Gasteiger partial charge in [-0.15, -0.1) is 0 Å². The Bertz CT molecular complexity index is 1500. The highest BCUT2D eigenvalue weighted by molar-refractivity contribution is 7.80. The number of non-ortho nitro benzene ring substituents is 1. The maximum absolute atomic E-state index is 13.6. The number of carbonyl (C=O) groups excluding carboxylic acids is 2. The molecular formula is C24H18ClFN4O5S. The van der Waals surface area contributed by atoms with Gasteiger partial charge in [0.25, 0.3) is 17.5 Å². The van der Waals surface area contributed by atoms with Crippen LogP contribution < -0.4 is 15.0 Å². The van der Waals surface area contributed by atoms with Crippen LogP contribution in [0.2, 0.25) is 5.02 Å². The van der Waals surface area contributed by atoms with Gasteiger partial charge in [-0.3, -0.25) is 29.9 Å². The minimum Gasteiger partial charge on any atom is -0.494 e. The van der Waals surface area contributed by atoms with Crippen LogP contribution in [0.25, 0.3) is 11.8 Å². The van der Waals surface area contributed by atoms with Gasteiger partial charge in [-0.25, -0.2) is 4.39 Å². The second-order valence-corrected chi connectivity index (χ2v) is 8.63. The minimum absolute atomic E-state index is 0.123. The fourth-order valence-corrected chi connectivity index (χ4v) is 4.40. The minimum atomic E-state index is -0.704. The molecule has 1 saturated heterocycles. The van der Waals surface area contributed by atoms with E-state index in [1.54, 1.807) is 30.5 Å². The Morgan fingerprint density at radius 3 is 2.53 bits per heavy atom. The van der Waals surface area contributed by atoms with E-state index in [4.69, 9.17) is 28.6 Å². The number of nitro benzene ring substituents is 1. The molecule has 184 valence electrons. The van der Waals surface area contributed by atoms with Crippen LogP contribution in [0.3, 0.4) is 0 Å². The zero-order valence-corrected chi connectivity index (χ0v) is 20.7. The van der Waals surface area contributed by atoms with Gasteiger partial charge in [0.1, 0.15) is 17.1 Å². The first kappa shape index (κ1) is 25.0. The monoisotopic (exact) mass is 528 g/mol. The predicted octanol–water partition coefficient (Wildman–Crippen LogP) is 4.63. The summed E-state index contributed by atoms with van der Waals surface area (Å²) in [5.74, 6) is -1.78. The third kappa shape index (κ3) is 4.34. The molecule has 0 bridgehead atoms. The number of methoxy groups -OCH3 is 1. The first-order chi connectivity index (χ1) is 17.0. The van der Waals surface area contributed by atoms with E-state index in [0.29, 0.717) is 16.9 Å². The van der Waals surface area contributed by atoms with E-state index in [9.17, 15) is 24.1 Å². The Morgan fingerprint density at radius 2 is 1.89 bits per heavy atom. The van der Waals surface area contributed by atoms with Crippen LogP contribution in [0.5, 0.6) is 5.75 Å². The second kappa shape index (κ2) is 9.51. The summed E-state index contributed by atoms with van der Waals surface area (Å²) in [4.78, 5) is 37.7. The zero-order chi connectivity index (χ0) is 26.3. The first-order valence-electron chi connectivity index (χ1n) is 10.4. The Labute approximate surface area is 214 Å². The lowest BCUT2D eigenvalue weighted by molar-refractivity contribution is -0.384. The average Bonchev–Trinajstić information content (AvgIpc) is 3.10. The van der Waals surface area contributed by atoms with Crippen molar-refractivity contribution in [2.75, 3.05) is 12.0 Å². The lowest BCUT2D eigenvalue weighted by atomic mass is 10.1. The van der Waals surface area contributed by atoms with Gasteiger partial charge in [0.05, 0.1) is 34.5 Å². The number of nitro groups is 1. The van der Waals surface area contributed by atoms with Gasteiger partial charge in [0.2, 0.25) is 0 Å². The van der Waals surface area contributed by atoms with Crippen LogP contribution in [0.1, 0.15) is 17.0 Å². The Hall–Kier alpha value is -4.09. The molecule has 2 heterocycles. The van der Waals surface area contributed by atoms with Crippen molar-refractivity contribution < 1.29 is 23.6 Å². The standard InChI is InChI=1S/C24H18ClFN4O5S/c1-12-8-14(13(2)28(12)20-7-5-16(30(33)34)11-21(20)35-3)9-17-22(31)27-24(36)29(23(17)32)15-4-6-19(26)18(25)10-15/h4-11H,1-3H3,(H,27,31,36)/b17-9+. The van der Waals surface area contributed by atoms with Gasteiger partial charge in [-0.05, 0) is 68.0 Å². The van der Waals surface area contributed by atoms with Crippen LogP contribution in [0, 0.1) is 29.8 Å². The lowest BCUT2D eigenvalue weighted by Crippen LogP contribution is -2.54. The molecule has 1 aliphatic rings. The lowest BCUT2D eigenvalue weighted by Gasteiger charge is -2.29. The summed E-state index contributed by atoms with van der Waals surface area (Å²) >= 11 is 11.0. The number of anilines is 1. The molecule has 4 rings (SSSR count). The van der Waals surface area contributed by atoms with E-state index in [0.717, 1.165) is 16.7 Å². The molecule has 1 aromatic heterocycles. The highest BCUT2D eigenvalue weighted by atomic mass is 35.5.